The first-order valence-electron chi connectivity index (χ1n) is 30.1. The van der Waals surface area contributed by atoms with Crippen molar-refractivity contribution >= 4 is 77.1 Å². The van der Waals surface area contributed by atoms with Gasteiger partial charge in [-0.1, -0.05) is 346 Å². The number of rotatable bonds is 39. The fourth-order valence-corrected chi connectivity index (χ4v) is 34.7. The zero-order chi connectivity index (χ0) is 51.4. The third kappa shape index (κ3) is 17.7. The van der Waals surface area contributed by atoms with Crippen LogP contribution in [0.5, 0.6) is 0 Å². The van der Waals surface area contributed by atoms with Crippen LogP contribution in [0.2, 0.25) is 54.4 Å². The molecule has 0 aliphatic carbocycles. The summed E-state index contributed by atoms with van der Waals surface area (Å²) in [4.78, 5) is 0. The van der Waals surface area contributed by atoms with E-state index in [-0.39, 0.29) is 5.82 Å². The van der Waals surface area contributed by atoms with Gasteiger partial charge in [0.15, 0.2) is 0 Å². The largest absolute Gasteiger partial charge is 0.245 e. The number of halogens is 1. The van der Waals surface area contributed by atoms with Crippen LogP contribution in [0.15, 0.2) is 97.1 Å². The Hall–Kier alpha value is -1.72. The van der Waals surface area contributed by atoms with E-state index >= 15 is 4.39 Å². The fraction of sp³-hybridized carbons (Fsp3) is 0.625. The predicted octanol–water partition coefficient (Wildman–Crippen LogP) is 18.5. The van der Waals surface area contributed by atoms with Gasteiger partial charge in [0.2, 0.25) is 0 Å². The summed E-state index contributed by atoms with van der Waals surface area (Å²) >= 11 is 0. The van der Waals surface area contributed by atoms with E-state index in [9.17, 15) is 0 Å². The van der Waals surface area contributed by atoms with Crippen molar-refractivity contribution in [2.75, 3.05) is 6.54 Å². The van der Waals surface area contributed by atoms with E-state index in [2.05, 4.69) is 159 Å². The van der Waals surface area contributed by atoms with Gasteiger partial charge in [-0.3, -0.25) is 0 Å². The van der Waals surface area contributed by atoms with Crippen molar-refractivity contribution in [2.24, 2.45) is 0 Å². The molecule has 0 amide bonds. The van der Waals surface area contributed by atoms with Gasteiger partial charge in [0.1, 0.15) is 5.82 Å². The summed E-state index contributed by atoms with van der Waals surface area (Å²) in [6.07, 6.45) is 25.7. The van der Waals surface area contributed by atoms with E-state index in [1.807, 2.05) is 6.07 Å². The standard InChI is InChI=1S/C64H106FNP2Si3/c1-11-21-47-66(68(64-34-32-31-33-63(64)65)59-39-45-62(46-40-59)71(54-28-18-8,55-29-19-9)56-30-20-10)67(57-35-41-60(42-36-57)69(48-22-12-2,49-23-13-3)50-24-14-4)58-37-43-61(44-38-58)70(51-25-15-5,52-26-16-6)53-27-17-7/h31-46H,11-30,47-56H2,1-10H3. The number of nitrogens with zero attached hydrogens (tertiary/aromatic N) is 1. The van der Waals surface area contributed by atoms with Crippen molar-refractivity contribution in [3.05, 3.63) is 103 Å². The van der Waals surface area contributed by atoms with Crippen LogP contribution in [0.1, 0.15) is 198 Å². The van der Waals surface area contributed by atoms with Crippen molar-refractivity contribution in [3.63, 3.8) is 0 Å². The van der Waals surface area contributed by atoms with Gasteiger partial charge in [-0.15, -0.1) is 0 Å². The van der Waals surface area contributed by atoms with Gasteiger partial charge in [-0.2, -0.15) is 0 Å². The summed E-state index contributed by atoms with van der Waals surface area (Å²) in [5, 5.41) is 10.1. The molecule has 0 spiro atoms. The molecule has 0 aromatic heterocycles. The number of hydrogen-bond donors (Lipinski definition) is 0. The number of hydrogen-bond acceptors (Lipinski definition) is 1. The maximum absolute atomic E-state index is 17.0. The van der Waals surface area contributed by atoms with Gasteiger partial charge in [0, 0.05) is 28.0 Å². The van der Waals surface area contributed by atoms with Crippen LogP contribution in [0.25, 0.3) is 0 Å². The minimum absolute atomic E-state index is 0.0560. The molecular weight excluding hydrogens is 948 g/mol. The van der Waals surface area contributed by atoms with Gasteiger partial charge < -0.3 is 0 Å². The van der Waals surface area contributed by atoms with Gasteiger partial charge in [-0.05, 0) is 34.5 Å². The van der Waals surface area contributed by atoms with Crippen molar-refractivity contribution in [1.29, 1.82) is 0 Å². The molecule has 1 atom stereocenters. The molecule has 4 rings (SSSR count). The minimum Gasteiger partial charge on any atom is -0.245 e. The Balaban J connectivity index is 2.06. The van der Waals surface area contributed by atoms with Crippen LogP contribution in [0, 0.1) is 5.82 Å². The average Bonchev–Trinajstić information content (AvgIpc) is 3.41. The summed E-state index contributed by atoms with van der Waals surface area (Å²) in [6.45, 7) is 24.8. The Kier molecular flexibility index (Phi) is 29.6. The lowest BCUT2D eigenvalue weighted by molar-refractivity contribution is 0.629. The van der Waals surface area contributed by atoms with Gasteiger partial charge >= 0.3 is 0 Å². The molecule has 1 unspecified atom stereocenters. The molecule has 0 aliphatic heterocycles. The number of benzene rings is 4. The third-order valence-electron chi connectivity index (χ3n) is 16.5. The second kappa shape index (κ2) is 34.0. The SMILES string of the molecule is CCCCN(P(c1ccc([Si](CCCC)(CCCC)CCCC)cc1)c1ccc([Si](CCCC)(CCCC)CCCC)cc1)P(c1ccc([Si](CCCC)(CCCC)CCCC)cc1)c1ccccc1F. The average molecular weight is 1050 g/mol. The van der Waals surface area contributed by atoms with Crippen LogP contribution in [0.4, 0.5) is 4.39 Å². The lowest BCUT2D eigenvalue weighted by Gasteiger charge is -2.40. The molecule has 0 heterocycles. The molecule has 0 saturated heterocycles. The normalized spacial score (nSPS) is 12.9. The molecule has 1 nitrogen and oxygen atoms in total. The van der Waals surface area contributed by atoms with Crippen LogP contribution in [-0.2, 0) is 0 Å². The Bertz CT molecular complexity index is 1850. The van der Waals surface area contributed by atoms with Gasteiger partial charge in [0.25, 0.3) is 0 Å². The fourth-order valence-electron chi connectivity index (χ4n) is 12.0. The highest BCUT2D eigenvalue weighted by atomic mass is 31.2. The Morgan fingerprint density at radius 3 is 0.831 bits per heavy atom. The van der Waals surface area contributed by atoms with E-state index in [0.29, 0.717) is 0 Å². The van der Waals surface area contributed by atoms with Crippen molar-refractivity contribution in [2.45, 2.75) is 252 Å². The lowest BCUT2D eigenvalue weighted by Crippen LogP contribution is -2.48. The van der Waals surface area contributed by atoms with E-state index in [1.54, 1.807) is 21.6 Å². The quantitative estimate of drug-likeness (QED) is 0.0318. The number of unbranched alkanes of at least 4 members (excludes halogenated alkanes) is 10. The highest BCUT2D eigenvalue weighted by molar-refractivity contribution is 7.84. The van der Waals surface area contributed by atoms with E-state index in [4.69, 9.17) is 0 Å². The topological polar surface area (TPSA) is 3.24 Å². The molecule has 0 aliphatic rings. The molecule has 7 heteroatoms. The first-order chi connectivity index (χ1) is 34.7. The summed E-state index contributed by atoms with van der Waals surface area (Å²) in [7, 11) is -7.35. The molecule has 0 bridgehead atoms. The molecule has 0 fully saturated rings. The zero-order valence-corrected chi connectivity index (χ0v) is 52.5. The van der Waals surface area contributed by atoms with E-state index in [1.165, 1.54) is 186 Å². The summed E-state index contributed by atoms with van der Waals surface area (Å²) in [5.74, 6) is -0.0560. The second-order valence-corrected chi connectivity index (χ2v) is 40.4. The van der Waals surface area contributed by atoms with Crippen molar-refractivity contribution in [1.82, 2.24) is 4.44 Å². The molecule has 4 aromatic carbocycles. The minimum atomic E-state index is -1.72. The predicted molar refractivity (Wildman–Crippen MR) is 333 cm³/mol. The summed E-state index contributed by atoms with van der Waals surface area (Å²) in [5.41, 5.74) is 0. The third-order valence-corrected chi connectivity index (χ3v) is 38.6. The molecular formula is C64H106FNP2Si3. The second-order valence-electron chi connectivity index (χ2n) is 21.9. The monoisotopic (exact) mass is 1050 g/mol. The summed E-state index contributed by atoms with van der Waals surface area (Å²) in [6, 6.07) is 51.6. The molecule has 71 heavy (non-hydrogen) atoms. The smallest absolute Gasteiger partial charge is 0.132 e. The Morgan fingerprint density at radius 1 is 0.324 bits per heavy atom. The lowest BCUT2D eigenvalue weighted by atomic mass is 10.3. The van der Waals surface area contributed by atoms with Crippen LogP contribution < -0.4 is 36.8 Å². The van der Waals surface area contributed by atoms with Crippen LogP contribution >= 0.6 is 16.1 Å². The molecule has 4 aromatic rings. The van der Waals surface area contributed by atoms with E-state index in [0.717, 1.165) is 24.7 Å². The first-order valence-corrected chi connectivity index (χ1v) is 40.5. The molecule has 396 valence electrons. The maximum Gasteiger partial charge on any atom is 0.132 e. The Labute approximate surface area is 444 Å². The molecule has 0 radical (unpaired) electrons. The maximum atomic E-state index is 17.0. The summed E-state index contributed by atoms with van der Waals surface area (Å²) < 4.78 is 19.8. The molecule has 0 saturated carbocycles. The van der Waals surface area contributed by atoms with E-state index < -0.39 is 40.4 Å². The van der Waals surface area contributed by atoms with Crippen LogP contribution in [-0.4, -0.2) is 35.2 Å². The molecule has 0 N–H and O–H groups in total. The van der Waals surface area contributed by atoms with Crippen molar-refractivity contribution in [3.8, 4) is 0 Å². The highest BCUT2D eigenvalue weighted by Gasteiger charge is 2.38. The first kappa shape index (κ1) is 61.8. The Morgan fingerprint density at radius 2 is 0.577 bits per heavy atom. The highest BCUT2D eigenvalue weighted by Crippen LogP contribution is 2.55. The van der Waals surface area contributed by atoms with Gasteiger partial charge in [0.05, 0.1) is 24.2 Å². The zero-order valence-electron chi connectivity index (χ0n) is 47.7. The van der Waals surface area contributed by atoms with Gasteiger partial charge in [-0.25, -0.2) is 8.83 Å². The van der Waals surface area contributed by atoms with Crippen molar-refractivity contribution < 1.29 is 4.39 Å². The van der Waals surface area contributed by atoms with Crippen LogP contribution in [0.3, 0.4) is 0 Å².